The number of pyridine rings is 1. The third kappa shape index (κ3) is 1.44. The van der Waals surface area contributed by atoms with E-state index in [1.54, 1.807) is 19.2 Å². The Morgan fingerprint density at radius 3 is 2.81 bits per heavy atom. The molecule has 2 rings (SSSR count). The van der Waals surface area contributed by atoms with Crippen molar-refractivity contribution in [2.75, 3.05) is 0 Å². The van der Waals surface area contributed by atoms with Gasteiger partial charge in [-0.15, -0.1) is 11.3 Å². The summed E-state index contributed by atoms with van der Waals surface area (Å²) in [6.45, 7) is 4.12. The average molecular weight is 237 g/mol. The minimum Gasteiger partial charge on any atom is -0.478 e. The van der Waals surface area contributed by atoms with E-state index in [4.69, 9.17) is 5.11 Å². The van der Waals surface area contributed by atoms with Gasteiger partial charge >= 0.3 is 5.97 Å². The Morgan fingerprint density at radius 2 is 2.25 bits per heavy atom. The van der Waals surface area contributed by atoms with Gasteiger partial charge in [0.2, 0.25) is 0 Å². The second-order valence-corrected chi connectivity index (χ2v) is 4.74. The van der Waals surface area contributed by atoms with Gasteiger partial charge in [-0.25, -0.2) is 4.79 Å². The Bertz CT molecular complexity index is 624. The van der Waals surface area contributed by atoms with Crippen molar-refractivity contribution >= 4 is 27.4 Å². The smallest absolute Gasteiger partial charge is 0.337 e. The average Bonchev–Trinajstić information content (AvgIpc) is 2.56. The summed E-state index contributed by atoms with van der Waals surface area (Å²) in [5.74, 6) is -1.03. The first-order valence-electron chi connectivity index (χ1n) is 4.92. The summed E-state index contributed by atoms with van der Waals surface area (Å²) >= 11 is 1.35. The van der Waals surface area contributed by atoms with Crippen LogP contribution in [-0.2, 0) is 6.54 Å². The van der Waals surface area contributed by atoms with Crippen molar-refractivity contribution in [3.63, 3.8) is 0 Å². The number of rotatable bonds is 2. The van der Waals surface area contributed by atoms with E-state index < -0.39 is 5.97 Å². The summed E-state index contributed by atoms with van der Waals surface area (Å²) in [5, 5.41) is 9.43. The van der Waals surface area contributed by atoms with Crippen LogP contribution < -0.4 is 5.56 Å². The molecule has 2 heterocycles. The quantitative estimate of drug-likeness (QED) is 0.870. The third-order valence-electron chi connectivity index (χ3n) is 2.55. The second-order valence-electron chi connectivity index (χ2n) is 3.48. The molecule has 0 bridgehead atoms. The Balaban J connectivity index is 2.95. The number of carboxylic acid groups (broad SMARTS) is 1. The van der Waals surface area contributed by atoms with E-state index in [1.807, 2.05) is 6.92 Å². The van der Waals surface area contributed by atoms with E-state index in [0.717, 1.165) is 4.70 Å². The van der Waals surface area contributed by atoms with Gasteiger partial charge in [0.15, 0.2) is 0 Å². The van der Waals surface area contributed by atoms with E-state index >= 15 is 0 Å². The molecule has 0 fully saturated rings. The van der Waals surface area contributed by atoms with Gasteiger partial charge in [0.25, 0.3) is 5.56 Å². The molecule has 16 heavy (non-hydrogen) atoms. The predicted molar refractivity (Wildman–Crippen MR) is 63.5 cm³/mol. The van der Waals surface area contributed by atoms with Crippen LogP contribution in [0.2, 0.25) is 0 Å². The monoisotopic (exact) mass is 237 g/mol. The van der Waals surface area contributed by atoms with Gasteiger partial charge in [-0.3, -0.25) is 4.79 Å². The summed E-state index contributed by atoms with van der Waals surface area (Å²) in [4.78, 5) is 23.8. The van der Waals surface area contributed by atoms with Crippen molar-refractivity contribution in [1.29, 1.82) is 0 Å². The summed E-state index contributed by atoms with van der Waals surface area (Å²) in [6.07, 6.45) is 1.70. The molecule has 2 aromatic heterocycles. The molecule has 1 N–H and O–H groups in total. The van der Waals surface area contributed by atoms with Gasteiger partial charge in [-0.1, -0.05) is 0 Å². The van der Waals surface area contributed by atoms with Gasteiger partial charge in [0, 0.05) is 22.3 Å². The molecule has 0 saturated carbocycles. The maximum Gasteiger partial charge on any atom is 0.337 e. The summed E-state index contributed by atoms with van der Waals surface area (Å²) < 4.78 is 2.26. The third-order valence-corrected chi connectivity index (χ3v) is 3.62. The Labute approximate surface area is 95.8 Å². The van der Waals surface area contributed by atoms with E-state index in [1.165, 1.54) is 15.9 Å². The molecule has 5 heteroatoms. The molecule has 0 spiro atoms. The SMILES string of the molecule is CCn1ccc2sc(C)c(C(=O)O)c2c1=O. The van der Waals surface area contributed by atoms with Crippen LogP contribution in [0.25, 0.3) is 10.1 Å². The number of carbonyl (C=O) groups is 1. The number of aromatic carboxylic acids is 1. The van der Waals surface area contributed by atoms with Gasteiger partial charge in [-0.05, 0) is 19.9 Å². The fourth-order valence-electron chi connectivity index (χ4n) is 1.77. The molecule has 4 nitrogen and oxygen atoms in total. The zero-order valence-corrected chi connectivity index (χ0v) is 9.80. The first-order chi connectivity index (χ1) is 7.56. The molecule has 0 amide bonds. The molecule has 0 unspecified atom stereocenters. The van der Waals surface area contributed by atoms with Crippen molar-refractivity contribution in [3.05, 3.63) is 33.1 Å². The molecule has 0 atom stereocenters. The lowest BCUT2D eigenvalue weighted by Crippen LogP contribution is -2.19. The maximum atomic E-state index is 12.0. The van der Waals surface area contributed by atoms with Crippen LogP contribution in [0.4, 0.5) is 0 Å². The van der Waals surface area contributed by atoms with Crippen LogP contribution in [0.15, 0.2) is 17.1 Å². The van der Waals surface area contributed by atoms with Crippen LogP contribution in [0.5, 0.6) is 0 Å². The number of fused-ring (bicyclic) bond motifs is 1. The standard InChI is InChI=1S/C11H11NO3S/c1-3-12-5-4-7-9(10(12)13)8(11(14)15)6(2)16-7/h4-5H,3H2,1-2H3,(H,14,15). The largest absolute Gasteiger partial charge is 0.478 e. The highest BCUT2D eigenvalue weighted by molar-refractivity contribution is 7.19. The molecule has 0 aromatic carbocycles. The molecule has 0 aliphatic carbocycles. The lowest BCUT2D eigenvalue weighted by molar-refractivity contribution is 0.0699. The van der Waals surface area contributed by atoms with Crippen molar-refractivity contribution in [2.24, 2.45) is 0 Å². The first-order valence-corrected chi connectivity index (χ1v) is 5.73. The van der Waals surface area contributed by atoms with E-state index in [2.05, 4.69) is 0 Å². The number of thiophene rings is 1. The fourth-order valence-corrected chi connectivity index (χ4v) is 2.81. The number of hydrogen-bond donors (Lipinski definition) is 1. The van der Waals surface area contributed by atoms with Gasteiger partial charge in [-0.2, -0.15) is 0 Å². The highest BCUT2D eigenvalue weighted by Gasteiger charge is 2.18. The molecule has 2 aromatic rings. The zero-order valence-electron chi connectivity index (χ0n) is 8.98. The van der Waals surface area contributed by atoms with Crippen LogP contribution in [0.1, 0.15) is 22.2 Å². The molecular formula is C11H11NO3S. The molecule has 0 radical (unpaired) electrons. The first kappa shape index (κ1) is 10.9. The lowest BCUT2D eigenvalue weighted by Gasteiger charge is -2.01. The number of aromatic nitrogens is 1. The van der Waals surface area contributed by atoms with Crippen LogP contribution in [0.3, 0.4) is 0 Å². The van der Waals surface area contributed by atoms with Crippen LogP contribution in [-0.4, -0.2) is 15.6 Å². The molecule has 0 aliphatic rings. The summed E-state index contributed by atoms with van der Waals surface area (Å²) in [7, 11) is 0. The summed E-state index contributed by atoms with van der Waals surface area (Å²) in [6, 6.07) is 1.80. The maximum absolute atomic E-state index is 12.0. The summed E-state index contributed by atoms with van der Waals surface area (Å²) in [5.41, 5.74) is -0.0745. The Kier molecular flexibility index (Phi) is 2.55. The van der Waals surface area contributed by atoms with E-state index in [-0.39, 0.29) is 11.1 Å². The molecule has 84 valence electrons. The van der Waals surface area contributed by atoms with E-state index in [0.29, 0.717) is 16.8 Å². The minimum absolute atomic E-state index is 0.146. The molecular weight excluding hydrogens is 226 g/mol. The van der Waals surface area contributed by atoms with Crippen molar-refractivity contribution in [1.82, 2.24) is 4.57 Å². The van der Waals surface area contributed by atoms with E-state index in [9.17, 15) is 9.59 Å². The zero-order chi connectivity index (χ0) is 11.9. The Morgan fingerprint density at radius 1 is 1.56 bits per heavy atom. The van der Waals surface area contributed by atoms with Gasteiger partial charge in [0.1, 0.15) is 0 Å². The number of nitrogens with zero attached hydrogens (tertiary/aromatic N) is 1. The van der Waals surface area contributed by atoms with Crippen LogP contribution >= 0.6 is 11.3 Å². The lowest BCUT2D eigenvalue weighted by atomic mass is 10.2. The van der Waals surface area contributed by atoms with Crippen molar-refractivity contribution in [3.8, 4) is 0 Å². The minimum atomic E-state index is -1.03. The molecule has 0 saturated heterocycles. The molecule has 0 aliphatic heterocycles. The second kappa shape index (κ2) is 3.75. The highest BCUT2D eigenvalue weighted by atomic mass is 32.1. The van der Waals surface area contributed by atoms with Gasteiger partial charge in [0.05, 0.1) is 10.9 Å². The van der Waals surface area contributed by atoms with Crippen molar-refractivity contribution in [2.45, 2.75) is 20.4 Å². The predicted octanol–water partition coefficient (Wildman–Crippen LogP) is 2.09. The number of aryl methyl sites for hydroxylation is 2. The number of hydrogen-bond acceptors (Lipinski definition) is 3. The normalized spacial score (nSPS) is 10.9. The number of carboxylic acids is 1. The van der Waals surface area contributed by atoms with Crippen LogP contribution in [0, 0.1) is 6.92 Å². The van der Waals surface area contributed by atoms with Crippen molar-refractivity contribution < 1.29 is 9.90 Å². The highest BCUT2D eigenvalue weighted by Crippen LogP contribution is 2.28. The Hall–Kier alpha value is -1.62. The van der Waals surface area contributed by atoms with Gasteiger partial charge < -0.3 is 9.67 Å². The topological polar surface area (TPSA) is 59.3 Å². The fraction of sp³-hybridized carbons (Fsp3) is 0.273.